The number of rotatable bonds is 1. The van der Waals surface area contributed by atoms with Crippen molar-refractivity contribution in [2.24, 2.45) is 0 Å². The molecule has 0 radical (unpaired) electrons. The van der Waals surface area contributed by atoms with Crippen molar-refractivity contribution in [2.45, 2.75) is 6.18 Å². The summed E-state index contributed by atoms with van der Waals surface area (Å²) in [7, 11) is 0. The number of carbonyl (C=O) groups excluding carboxylic acids is 1. The first-order valence-corrected chi connectivity index (χ1v) is 2.62. The second kappa shape index (κ2) is 6.00. The predicted molar refractivity (Wildman–Crippen MR) is 33.8 cm³/mol. The van der Waals surface area contributed by atoms with Crippen LogP contribution in [-0.4, -0.2) is 28.4 Å². The highest BCUT2D eigenvalue weighted by Crippen LogP contribution is 2.13. The van der Waals surface area contributed by atoms with Crippen molar-refractivity contribution >= 4 is 11.9 Å². The highest BCUT2D eigenvalue weighted by Gasteiger charge is 2.38. The average Bonchev–Trinajstić information content (AvgIpc) is 2.02. The van der Waals surface area contributed by atoms with Crippen LogP contribution in [0.2, 0.25) is 0 Å². The number of hydrogen-bond acceptors (Lipinski definition) is 3. The molecule has 0 aromatic carbocycles. The summed E-state index contributed by atoms with van der Waals surface area (Å²) in [6.07, 6.45) is -4.11. The number of carbonyl (C=O) groups is 2. The molecule has 0 aromatic heterocycles. The van der Waals surface area contributed by atoms with Gasteiger partial charge in [0.15, 0.2) is 0 Å². The first-order valence-electron chi connectivity index (χ1n) is 2.62. The molecular formula is C5H6F3NO4. The van der Waals surface area contributed by atoms with Crippen LogP contribution in [0.15, 0.2) is 12.7 Å². The van der Waals surface area contributed by atoms with Gasteiger partial charge in [0.05, 0.1) is 0 Å². The van der Waals surface area contributed by atoms with Gasteiger partial charge in [-0.15, -0.1) is 0 Å². The van der Waals surface area contributed by atoms with Gasteiger partial charge in [0, 0.05) is 0 Å². The normalized spacial score (nSPS) is 9.23. The van der Waals surface area contributed by atoms with E-state index in [-0.39, 0.29) is 0 Å². The molecule has 0 aliphatic rings. The van der Waals surface area contributed by atoms with Crippen LogP contribution < -0.4 is 5.48 Å². The molecule has 0 heterocycles. The Morgan fingerprint density at radius 1 is 1.38 bits per heavy atom. The third kappa shape index (κ3) is 10.4. The van der Waals surface area contributed by atoms with Crippen LogP contribution in [0.1, 0.15) is 0 Å². The fourth-order valence-corrected chi connectivity index (χ4v) is 0.0456. The van der Waals surface area contributed by atoms with Gasteiger partial charge in [-0.3, -0.25) is 10.0 Å². The molecule has 3 N–H and O–H groups in total. The van der Waals surface area contributed by atoms with Crippen LogP contribution >= 0.6 is 0 Å². The van der Waals surface area contributed by atoms with E-state index in [1.54, 1.807) is 0 Å². The zero-order chi connectivity index (χ0) is 11.1. The number of hydrogen-bond donors (Lipinski definition) is 3. The van der Waals surface area contributed by atoms with Crippen LogP contribution in [0, 0.1) is 0 Å². The number of carboxylic acid groups (broad SMARTS) is 1. The number of aliphatic carboxylic acids is 1. The SMILES string of the molecule is C=CC(=O)NO.O=C(O)C(F)(F)F. The number of nitrogens with one attached hydrogen (secondary N) is 1. The predicted octanol–water partition coefficient (Wildman–Crippen LogP) is 0.311. The summed E-state index contributed by atoms with van der Waals surface area (Å²) in [5.74, 6) is -3.34. The molecule has 0 atom stereocenters. The van der Waals surface area contributed by atoms with Crippen LogP contribution in [0.5, 0.6) is 0 Å². The summed E-state index contributed by atoms with van der Waals surface area (Å²) in [5.41, 5.74) is 1.36. The Balaban J connectivity index is 0. The molecule has 0 fully saturated rings. The first-order chi connectivity index (χ1) is 5.75. The number of carboxylic acids is 1. The van der Waals surface area contributed by atoms with Gasteiger partial charge >= 0.3 is 12.1 Å². The summed E-state index contributed by atoms with van der Waals surface area (Å²) >= 11 is 0. The minimum atomic E-state index is -5.08. The second-order valence-electron chi connectivity index (χ2n) is 1.48. The third-order valence-electron chi connectivity index (χ3n) is 0.538. The van der Waals surface area contributed by atoms with Gasteiger partial charge in [-0.05, 0) is 6.08 Å². The van der Waals surface area contributed by atoms with E-state index in [0.29, 0.717) is 0 Å². The monoisotopic (exact) mass is 201 g/mol. The molecule has 13 heavy (non-hydrogen) atoms. The number of halogens is 3. The number of amides is 1. The highest BCUT2D eigenvalue weighted by atomic mass is 19.4. The molecule has 0 saturated heterocycles. The minimum Gasteiger partial charge on any atom is -0.475 e. The molecule has 1 amide bonds. The lowest BCUT2D eigenvalue weighted by Gasteiger charge is -1.93. The molecular weight excluding hydrogens is 195 g/mol. The zero-order valence-corrected chi connectivity index (χ0v) is 6.13. The Kier molecular flexibility index (Phi) is 6.46. The van der Waals surface area contributed by atoms with Crippen molar-refractivity contribution < 1.29 is 33.1 Å². The topological polar surface area (TPSA) is 86.6 Å². The van der Waals surface area contributed by atoms with Gasteiger partial charge in [0.25, 0.3) is 5.91 Å². The molecule has 0 spiro atoms. The summed E-state index contributed by atoms with van der Waals surface area (Å²) in [6, 6.07) is 0. The van der Waals surface area contributed by atoms with Crippen molar-refractivity contribution in [3.8, 4) is 0 Å². The Morgan fingerprint density at radius 3 is 1.69 bits per heavy atom. The Bertz CT molecular complexity index is 200. The maximum Gasteiger partial charge on any atom is 0.490 e. The molecule has 0 bridgehead atoms. The van der Waals surface area contributed by atoms with Gasteiger partial charge in [-0.25, -0.2) is 10.3 Å². The summed E-state index contributed by atoms with van der Waals surface area (Å²) in [5, 5.41) is 14.8. The molecule has 0 aliphatic heterocycles. The Hall–Kier alpha value is -1.57. The molecule has 0 rings (SSSR count). The van der Waals surface area contributed by atoms with E-state index in [1.165, 1.54) is 5.48 Å². The van der Waals surface area contributed by atoms with Gasteiger partial charge in [0.2, 0.25) is 0 Å². The van der Waals surface area contributed by atoms with Crippen molar-refractivity contribution in [1.29, 1.82) is 0 Å². The minimum absolute atomic E-state index is 0.588. The largest absolute Gasteiger partial charge is 0.490 e. The Labute approximate surface area is 70.4 Å². The quantitative estimate of drug-likeness (QED) is 0.323. The Morgan fingerprint density at radius 2 is 1.69 bits per heavy atom. The third-order valence-corrected chi connectivity index (χ3v) is 0.538. The lowest BCUT2D eigenvalue weighted by Crippen LogP contribution is -2.21. The van der Waals surface area contributed by atoms with Crippen molar-refractivity contribution in [3.05, 3.63) is 12.7 Å². The van der Waals surface area contributed by atoms with Crippen LogP contribution in [-0.2, 0) is 9.59 Å². The van der Waals surface area contributed by atoms with Crippen molar-refractivity contribution in [1.82, 2.24) is 5.48 Å². The maximum absolute atomic E-state index is 10.6. The summed E-state index contributed by atoms with van der Waals surface area (Å²) in [6.45, 7) is 3.06. The lowest BCUT2D eigenvalue weighted by atomic mass is 10.6. The van der Waals surface area contributed by atoms with Crippen LogP contribution in [0.4, 0.5) is 13.2 Å². The van der Waals surface area contributed by atoms with Gasteiger partial charge in [-0.1, -0.05) is 6.58 Å². The number of alkyl halides is 3. The molecule has 0 aliphatic carbocycles. The fraction of sp³-hybridized carbons (Fsp3) is 0.200. The van der Waals surface area contributed by atoms with Gasteiger partial charge < -0.3 is 5.11 Å². The van der Waals surface area contributed by atoms with E-state index >= 15 is 0 Å². The van der Waals surface area contributed by atoms with E-state index in [2.05, 4.69) is 6.58 Å². The van der Waals surface area contributed by atoms with E-state index < -0.39 is 18.1 Å². The fourth-order valence-electron chi connectivity index (χ4n) is 0.0456. The van der Waals surface area contributed by atoms with E-state index in [1.807, 2.05) is 0 Å². The average molecular weight is 201 g/mol. The molecule has 0 saturated carbocycles. The van der Waals surface area contributed by atoms with E-state index in [0.717, 1.165) is 6.08 Å². The maximum atomic E-state index is 10.6. The highest BCUT2D eigenvalue weighted by molar-refractivity contribution is 5.85. The zero-order valence-electron chi connectivity index (χ0n) is 6.13. The van der Waals surface area contributed by atoms with Gasteiger partial charge in [-0.2, -0.15) is 13.2 Å². The molecule has 8 heteroatoms. The standard InChI is InChI=1S/C3H5NO2.C2HF3O2/c1-2-3(5)4-6;3-2(4,5)1(6)7/h2,6H,1H2,(H,4,5);(H,6,7). The molecule has 0 unspecified atom stereocenters. The van der Waals surface area contributed by atoms with Crippen LogP contribution in [0.25, 0.3) is 0 Å². The molecule has 76 valence electrons. The lowest BCUT2D eigenvalue weighted by molar-refractivity contribution is -0.192. The summed E-state index contributed by atoms with van der Waals surface area (Å²) < 4.78 is 31.7. The van der Waals surface area contributed by atoms with Crippen molar-refractivity contribution in [3.63, 3.8) is 0 Å². The second-order valence-corrected chi connectivity index (χ2v) is 1.48. The molecule has 0 aromatic rings. The van der Waals surface area contributed by atoms with E-state index in [9.17, 15) is 18.0 Å². The smallest absolute Gasteiger partial charge is 0.475 e. The number of hydroxylamine groups is 1. The van der Waals surface area contributed by atoms with Gasteiger partial charge in [0.1, 0.15) is 0 Å². The van der Waals surface area contributed by atoms with E-state index in [4.69, 9.17) is 15.1 Å². The first kappa shape index (κ1) is 14.0. The van der Waals surface area contributed by atoms with Crippen molar-refractivity contribution in [2.75, 3.05) is 0 Å². The molecule has 5 nitrogen and oxygen atoms in total. The summed E-state index contributed by atoms with van der Waals surface area (Å²) in [4.78, 5) is 18.6. The van der Waals surface area contributed by atoms with Crippen LogP contribution in [0.3, 0.4) is 0 Å².